The minimum atomic E-state index is -1.96. The van der Waals surface area contributed by atoms with Gasteiger partial charge in [-0.3, -0.25) is 0 Å². The lowest BCUT2D eigenvalue weighted by molar-refractivity contribution is -0.157. The minimum Gasteiger partial charge on any atom is -0.493 e. The lowest BCUT2D eigenvalue weighted by atomic mass is 9.95. The Hall–Kier alpha value is -3.40. The maximum atomic E-state index is 11.5. The van der Waals surface area contributed by atoms with Gasteiger partial charge in [-0.15, -0.1) is 11.3 Å². The first-order valence-corrected chi connectivity index (χ1v) is 13.3. The molecule has 2 aromatic carbocycles. The zero-order valence-electron chi connectivity index (χ0n) is 21.2. The molecular weight excluding hydrogens is 508 g/mol. The number of aliphatic carboxylic acids is 1. The quantitative estimate of drug-likeness (QED) is 0.196. The van der Waals surface area contributed by atoms with E-state index in [0.29, 0.717) is 22.8 Å². The van der Waals surface area contributed by atoms with Gasteiger partial charge in [-0.05, 0) is 73.4 Å². The van der Waals surface area contributed by atoms with Gasteiger partial charge in [0.2, 0.25) is 0 Å². The Morgan fingerprint density at radius 3 is 2.16 bits per heavy atom. The molecule has 7 nitrogen and oxygen atoms in total. The van der Waals surface area contributed by atoms with Crippen LogP contribution in [0.2, 0.25) is 0 Å². The van der Waals surface area contributed by atoms with Gasteiger partial charge in [-0.1, -0.05) is 36.0 Å². The van der Waals surface area contributed by atoms with E-state index < -0.39 is 11.6 Å². The molecule has 2 heterocycles. The average Bonchev–Trinajstić information content (AvgIpc) is 3.30. The molecule has 37 heavy (non-hydrogen) atoms. The first kappa shape index (κ1) is 26.7. The summed E-state index contributed by atoms with van der Waals surface area (Å²) in [6.45, 7) is 5.19. The number of thiophene rings is 1. The van der Waals surface area contributed by atoms with E-state index in [4.69, 9.17) is 9.47 Å². The van der Waals surface area contributed by atoms with E-state index in [1.807, 2.05) is 50.2 Å². The fraction of sp³-hybridized carbons (Fsp3) is 0.250. The van der Waals surface area contributed by atoms with E-state index in [1.54, 1.807) is 49.5 Å². The predicted molar refractivity (Wildman–Crippen MR) is 147 cm³/mol. The van der Waals surface area contributed by atoms with Crippen LogP contribution < -0.4 is 9.47 Å². The molecule has 1 atom stereocenters. The monoisotopic (exact) mass is 536 g/mol. The number of methoxy groups -OCH3 is 2. The van der Waals surface area contributed by atoms with E-state index in [2.05, 4.69) is 16.0 Å². The van der Waals surface area contributed by atoms with Crippen LogP contribution in [0, 0.1) is 13.8 Å². The molecule has 2 N–H and O–H groups in total. The molecule has 4 aromatic rings. The molecular formula is C28H28N2O5S2. The van der Waals surface area contributed by atoms with Crippen LogP contribution in [0.15, 0.2) is 59.8 Å². The van der Waals surface area contributed by atoms with Crippen molar-refractivity contribution in [3.05, 3.63) is 77.1 Å². The van der Waals surface area contributed by atoms with E-state index in [-0.39, 0.29) is 0 Å². The van der Waals surface area contributed by atoms with Gasteiger partial charge in [0.05, 0.1) is 14.2 Å². The number of carbonyl (C=O) groups is 1. The van der Waals surface area contributed by atoms with Crippen molar-refractivity contribution >= 4 is 29.1 Å². The van der Waals surface area contributed by atoms with Gasteiger partial charge in [0.1, 0.15) is 0 Å². The zero-order chi connectivity index (χ0) is 26.7. The number of benzene rings is 2. The highest BCUT2D eigenvalue weighted by Crippen LogP contribution is 2.42. The number of aliphatic hydroxyl groups is 1. The van der Waals surface area contributed by atoms with E-state index in [1.165, 1.54) is 6.92 Å². The van der Waals surface area contributed by atoms with Gasteiger partial charge in [0, 0.05) is 26.9 Å². The first-order valence-electron chi connectivity index (χ1n) is 11.5. The summed E-state index contributed by atoms with van der Waals surface area (Å²) in [6.07, 6.45) is 0. The third-order valence-corrected chi connectivity index (χ3v) is 8.09. The molecule has 0 radical (unpaired) electrons. The molecule has 0 aliphatic carbocycles. The summed E-state index contributed by atoms with van der Waals surface area (Å²) in [5, 5.41) is 20.4. The molecule has 4 rings (SSSR count). The van der Waals surface area contributed by atoms with Crippen molar-refractivity contribution in [3.8, 4) is 32.4 Å². The SMILES string of the molecule is COc1ccc(-c2cc(CSc3nc(C)cc(C)n3)c(-c3ccc(C(C)(O)C(=O)O)cc3)s2)cc1OC. The predicted octanol–water partition coefficient (Wildman–Crippen LogP) is 6.09. The lowest BCUT2D eigenvalue weighted by Crippen LogP contribution is -2.31. The van der Waals surface area contributed by atoms with Crippen LogP contribution in [0.3, 0.4) is 0 Å². The Bertz CT molecular complexity index is 1410. The molecule has 9 heteroatoms. The van der Waals surface area contributed by atoms with Crippen LogP contribution in [0.25, 0.3) is 20.9 Å². The van der Waals surface area contributed by atoms with Crippen molar-refractivity contribution in [1.29, 1.82) is 0 Å². The van der Waals surface area contributed by atoms with Crippen molar-refractivity contribution < 1.29 is 24.5 Å². The molecule has 0 spiro atoms. The molecule has 2 aromatic heterocycles. The Morgan fingerprint density at radius 1 is 0.946 bits per heavy atom. The maximum Gasteiger partial charge on any atom is 0.340 e. The molecule has 0 aliphatic rings. The number of ether oxygens (including phenoxy) is 2. The highest BCUT2D eigenvalue weighted by atomic mass is 32.2. The lowest BCUT2D eigenvalue weighted by Gasteiger charge is -2.18. The smallest absolute Gasteiger partial charge is 0.340 e. The molecule has 192 valence electrons. The Labute approximate surface area is 224 Å². The number of hydrogen-bond acceptors (Lipinski definition) is 8. The van der Waals surface area contributed by atoms with Gasteiger partial charge in [0.15, 0.2) is 22.3 Å². The first-order chi connectivity index (χ1) is 17.6. The number of hydrogen-bond donors (Lipinski definition) is 2. The van der Waals surface area contributed by atoms with Crippen LogP contribution in [0.5, 0.6) is 11.5 Å². The Kier molecular flexibility index (Phi) is 7.87. The standard InChI is InChI=1S/C28H28N2O5S2/c1-16-12-17(2)30-27(29-16)36-15-20-14-24(19-8-11-22(34-4)23(13-19)35-5)37-25(20)18-6-9-21(10-7-18)28(3,33)26(31)32/h6-14,33H,15H2,1-5H3,(H,31,32). The number of carboxylic acid groups (broad SMARTS) is 1. The van der Waals surface area contributed by atoms with Crippen LogP contribution >= 0.6 is 23.1 Å². The highest BCUT2D eigenvalue weighted by Gasteiger charge is 2.32. The van der Waals surface area contributed by atoms with E-state index in [0.717, 1.165) is 43.0 Å². The number of thioether (sulfide) groups is 1. The average molecular weight is 537 g/mol. The second kappa shape index (κ2) is 10.9. The van der Waals surface area contributed by atoms with E-state index in [9.17, 15) is 15.0 Å². The second-order valence-corrected chi connectivity index (χ2v) is 10.7. The third kappa shape index (κ3) is 5.79. The van der Waals surface area contributed by atoms with E-state index >= 15 is 0 Å². The van der Waals surface area contributed by atoms with Crippen molar-refractivity contribution in [1.82, 2.24) is 9.97 Å². The van der Waals surface area contributed by atoms with Gasteiger partial charge in [0.25, 0.3) is 0 Å². The van der Waals surface area contributed by atoms with Crippen molar-refractivity contribution in [2.75, 3.05) is 14.2 Å². The molecule has 0 saturated heterocycles. The third-order valence-electron chi connectivity index (χ3n) is 5.92. The summed E-state index contributed by atoms with van der Waals surface area (Å²) in [5.41, 5.74) is 3.23. The van der Waals surface area contributed by atoms with Crippen LogP contribution in [-0.2, 0) is 16.1 Å². The van der Waals surface area contributed by atoms with Gasteiger partial charge in [-0.25, -0.2) is 14.8 Å². The summed E-state index contributed by atoms with van der Waals surface area (Å²) in [4.78, 5) is 22.7. The molecule has 0 bridgehead atoms. The number of nitrogens with zero attached hydrogens (tertiary/aromatic N) is 2. The molecule has 0 aliphatic heterocycles. The summed E-state index contributed by atoms with van der Waals surface area (Å²) < 4.78 is 10.9. The highest BCUT2D eigenvalue weighted by molar-refractivity contribution is 7.98. The van der Waals surface area contributed by atoms with Crippen molar-refractivity contribution in [2.24, 2.45) is 0 Å². The Morgan fingerprint density at radius 2 is 1.57 bits per heavy atom. The fourth-order valence-electron chi connectivity index (χ4n) is 3.88. The maximum absolute atomic E-state index is 11.5. The molecule has 0 amide bonds. The molecule has 0 saturated carbocycles. The summed E-state index contributed by atoms with van der Waals surface area (Å²) >= 11 is 3.20. The summed E-state index contributed by atoms with van der Waals surface area (Å²) in [5.74, 6) is 0.663. The van der Waals surface area contributed by atoms with Crippen LogP contribution in [0.4, 0.5) is 0 Å². The number of aryl methyl sites for hydroxylation is 2. The summed E-state index contributed by atoms with van der Waals surface area (Å²) in [6, 6.07) is 16.9. The van der Waals surface area contributed by atoms with Crippen molar-refractivity contribution in [3.63, 3.8) is 0 Å². The number of carboxylic acids is 1. The van der Waals surface area contributed by atoms with Gasteiger partial charge in [-0.2, -0.15) is 0 Å². The van der Waals surface area contributed by atoms with Crippen LogP contribution in [-0.4, -0.2) is 40.4 Å². The van der Waals surface area contributed by atoms with Gasteiger partial charge < -0.3 is 19.7 Å². The van der Waals surface area contributed by atoms with Crippen molar-refractivity contribution in [2.45, 2.75) is 37.3 Å². The molecule has 1 unspecified atom stereocenters. The fourth-order valence-corrected chi connectivity index (χ4v) is 6.08. The minimum absolute atomic E-state index is 0.319. The Balaban J connectivity index is 1.74. The largest absolute Gasteiger partial charge is 0.493 e. The number of aromatic nitrogens is 2. The second-order valence-electron chi connectivity index (χ2n) is 8.71. The topological polar surface area (TPSA) is 102 Å². The van der Waals surface area contributed by atoms with Crippen LogP contribution in [0.1, 0.15) is 29.4 Å². The number of rotatable bonds is 9. The summed E-state index contributed by atoms with van der Waals surface area (Å²) in [7, 11) is 3.22. The molecule has 0 fully saturated rings. The van der Waals surface area contributed by atoms with Gasteiger partial charge >= 0.3 is 5.97 Å². The zero-order valence-corrected chi connectivity index (χ0v) is 22.9. The normalized spacial score (nSPS) is 12.7.